The molecule has 0 aliphatic carbocycles. The molecule has 0 aliphatic rings. The van der Waals surface area contributed by atoms with Crippen molar-refractivity contribution in [3.8, 4) is 22.6 Å². The molecule has 0 unspecified atom stereocenters. The monoisotopic (exact) mass is 355 g/mol. The van der Waals surface area contributed by atoms with Crippen molar-refractivity contribution in [1.29, 1.82) is 0 Å². The molecule has 0 fully saturated rings. The van der Waals surface area contributed by atoms with Gasteiger partial charge in [0.2, 0.25) is 0 Å². The van der Waals surface area contributed by atoms with E-state index in [9.17, 15) is 0 Å². The average Bonchev–Trinajstić information content (AvgIpc) is 3.11. The Labute approximate surface area is 160 Å². The van der Waals surface area contributed by atoms with E-state index in [-0.39, 0.29) is 0 Å². The summed E-state index contributed by atoms with van der Waals surface area (Å²) in [6.45, 7) is 8.94. The summed E-state index contributed by atoms with van der Waals surface area (Å²) in [7, 11) is 0. The number of hydrogen-bond donors (Lipinski definition) is 0. The number of benzene rings is 2. The first-order valence-electron chi connectivity index (χ1n) is 9.61. The Bertz CT molecular complexity index is 1050. The normalized spacial score (nSPS) is 11.6. The molecular formula is C25H25NO. The first-order chi connectivity index (χ1) is 13.0. The SMILES string of the molecule is CC(C)c1cc(-c2cc3cc(-c4ccccc4)ncc3o2)cc(C(C)C)c1. The highest BCUT2D eigenvalue weighted by molar-refractivity contribution is 5.85. The Balaban J connectivity index is 1.80. The lowest BCUT2D eigenvalue weighted by molar-refractivity contribution is 0.629. The number of pyridine rings is 1. The molecule has 0 atom stereocenters. The van der Waals surface area contributed by atoms with Crippen LogP contribution in [0.3, 0.4) is 0 Å². The summed E-state index contributed by atoms with van der Waals surface area (Å²) in [5, 5.41) is 1.08. The second-order valence-electron chi connectivity index (χ2n) is 7.78. The number of nitrogens with zero attached hydrogens (tertiary/aromatic N) is 1. The predicted octanol–water partition coefficient (Wildman–Crippen LogP) is 7.41. The van der Waals surface area contributed by atoms with E-state index in [1.165, 1.54) is 11.1 Å². The van der Waals surface area contributed by atoms with Crippen molar-refractivity contribution in [1.82, 2.24) is 4.98 Å². The number of fused-ring (bicyclic) bond motifs is 1. The van der Waals surface area contributed by atoms with Crippen LogP contribution in [0.2, 0.25) is 0 Å². The Kier molecular flexibility index (Phi) is 4.57. The molecule has 0 saturated heterocycles. The Hall–Kier alpha value is -2.87. The summed E-state index contributed by atoms with van der Waals surface area (Å²) < 4.78 is 6.15. The van der Waals surface area contributed by atoms with Crippen LogP contribution in [0.1, 0.15) is 50.7 Å². The van der Waals surface area contributed by atoms with E-state index in [2.05, 4.69) is 75.1 Å². The Morgan fingerprint density at radius 2 is 1.41 bits per heavy atom. The molecule has 27 heavy (non-hydrogen) atoms. The molecule has 4 aromatic rings. The Morgan fingerprint density at radius 1 is 0.741 bits per heavy atom. The molecule has 0 spiro atoms. The second kappa shape index (κ2) is 7.03. The molecule has 0 bridgehead atoms. The number of hydrogen-bond acceptors (Lipinski definition) is 2. The Morgan fingerprint density at radius 3 is 2.04 bits per heavy atom. The molecule has 2 heterocycles. The molecule has 2 heteroatoms. The van der Waals surface area contributed by atoms with E-state index >= 15 is 0 Å². The highest BCUT2D eigenvalue weighted by atomic mass is 16.3. The number of furan rings is 1. The van der Waals surface area contributed by atoms with E-state index < -0.39 is 0 Å². The van der Waals surface area contributed by atoms with Gasteiger partial charge in [-0.3, -0.25) is 4.98 Å². The summed E-state index contributed by atoms with van der Waals surface area (Å²) in [6.07, 6.45) is 1.83. The molecule has 2 nitrogen and oxygen atoms in total. The van der Waals surface area contributed by atoms with Crippen LogP contribution in [0.5, 0.6) is 0 Å². The smallest absolute Gasteiger partial charge is 0.153 e. The topological polar surface area (TPSA) is 26.0 Å². The molecule has 2 aromatic heterocycles. The van der Waals surface area contributed by atoms with Crippen LogP contribution in [0.25, 0.3) is 33.6 Å². The molecule has 136 valence electrons. The van der Waals surface area contributed by atoms with E-state index in [1.807, 2.05) is 24.4 Å². The first-order valence-corrected chi connectivity index (χ1v) is 9.61. The lowest BCUT2D eigenvalue weighted by Crippen LogP contribution is -1.94. The van der Waals surface area contributed by atoms with E-state index in [0.29, 0.717) is 11.8 Å². The summed E-state index contributed by atoms with van der Waals surface area (Å²) in [5.74, 6) is 1.87. The van der Waals surface area contributed by atoms with Crippen LogP contribution < -0.4 is 0 Å². The second-order valence-corrected chi connectivity index (χ2v) is 7.78. The molecule has 0 radical (unpaired) electrons. The van der Waals surface area contributed by atoms with E-state index in [4.69, 9.17) is 4.42 Å². The van der Waals surface area contributed by atoms with Crippen molar-refractivity contribution >= 4 is 11.0 Å². The highest BCUT2D eigenvalue weighted by Crippen LogP contribution is 2.33. The van der Waals surface area contributed by atoms with Gasteiger partial charge in [0, 0.05) is 16.5 Å². The summed E-state index contributed by atoms with van der Waals surface area (Å²) >= 11 is 0. The van der Waals surface area contributed by atoms with Crippen LogP contribution in [0.15, 0.2) is 71.3 Å². The average molecular weight is 355 g/mol. The number of aromatic nitrogens is 1. The van der Waals surface area contributed by atoms with Gasteiger partial charge in [-0.25, -0.2) is 0 Å². The van der Waals surface area contributed by atoms with Crippen molar-refractivity contribution in [2.75, 3.05) is 0 Å². The minimum Gasteiger partial charge on any atom is -0.454 e. The van der Waals surface area contributed by atoms with Crippen molar-refractivity contribution in [2.45, 2.75) is 39.5 Å². The van der Waals surface area contributed by atoms with Crippen molar-refractivity contribution in [3.05, 3.63) is 78.0 Å². The lowest BCUT2D eigenvalue weighted by Gasteiger charge is -2.13. The van der Waals surface area contributed by atoms with Gasteiger partial charge < -0.3 is 4.42 Å². The van der Waals surface area contributed by atoms with Gasteiger partial charge in [-0.2, -0.15) is 0 Å². The molecule has 0 amide bonds. The van der Waals surface area contributed by atoms with Crippen LogP contribution >= 0.6 is 0 Å². The molecule has 0 N–H and O–H groups in total. The van der Waals surface area contributed by atoms with Gasteiger partial charge in [-0.1, -0.05) is 64.1 Å². The van der Waals surface area contributed by atoms with E-state index in [1.54, 1.807) is 0 Å². The number of rotatable bonds is 4. The maximum atomic E-state index is 6.15. The zero-order chi connectivity index (χ0) is 19.0. The van der Waals surface area contributed by atoms with Gasteiger partial charge >= 0.3 is 0 Å². The van der Waals surface area contributed by atoms with Gasteiger partial charge in [0.1, 0.15) is 5.76 Å². The standard InChI is InChI=1S/C25H25NO/c1-16(2)19-10-20(17(3)4)12-21(11-19)24-14-22-13-23(26-15-25(22)27-24)18-8-6-5-7-9-18/h5-17H,1-4H3. The van der Waals surface area contributed by atoms with Crippen molar-refractivity contribution < 1.29 is 4.42 Å². The third-order valence-electron chi connectivity index (χ3n) is 5.07. The quantitative estimate of drug-likeness (QED) is 0.381. The van der Waals surface area contributed by atoms with Gasteiger partial charge in [-0.15, -0.1) is 0 Å². The van der Waals surface area contributed by atoms with Crippen LogP contribution in [-0.2, 0) is 0 Å². The summed E-state index contributed by atoms with van der Waals surface area (Å²) in [6, 6.07) is 21.3. The zero-order valence-electron chi connectivity index (χ0n) is 16.4. The maximum absolute atomic E-state index is 6.15. The van der Waals surface area contributed by atoms with Crippen molar-refractivity contribution in [3.63, 3.8) is 0 Å². The highest BCUT2D eigenvalue weighted by Gasteiger charge is 2.13. The zero-order valence-corrected chi connectivity index (χ0v) is 16.4. The lowest BCUT2D eigenvalue weighted by atomic mass is 9.92. The minimum absolute atomic E-state index is 0.484. The van der Waals surface area contributed by atoms with Gasteiger partial charge in [0.25, 0.3) is 0 Å². The van der Waals surface area contributed by atoms with Crippen LogP contribution in [-0.4, -0.2) is 4.98 Å². The molecule has 0 aliphatic heterocycles. The van der Waals surface area contributed by atoms with Crippen LogP contribution in [0.4, 0.5) is 0 Å². The molecule has 0 saturated carbocycles. The van der Waals surface area contributed by atoms with Gasteiger partial charge in [-0.05, 0) is 47.2 Å². The first kappa shape index (κ1) is 17.5. The molecule has 4 rings (SSSR count). The van der Waals surface area contributed by atoms with Crippen molar-refractivity contribution in [2.24, 2.45) is 0 Å². The van der Waals surface area contributed by atoms with Gasteiger partial charge in [0.05, 0.1) is 11.9 Å². The molecule has 2 aromatic carbocycles. The fourth-order valence-electron chi connectivity index (χ4n) is 3.34. The van der Waals surface area contributed by atoms with E-state index in [0.717, 1.165) is 33.6 Å². The fourth-order valence-corrected chi connectivity index (χ4v) is 3.34. The largest absolute Gasteiger partial charge is 0.454 e. The predicted molar refractivity (Wildman–Crippen MR) is 113 cm³/mol. The summed E-state index contributed by atoms with van der Waals surface area (Å²) in [4.78, 5) is 4.58. The third-order valence-corrected chi connectivity index (χ3v) is 5.07. The maximum Gasteiger partial charge on any atom is 0.153 e. The fraction of sp³-hybridized carbons (Fsp3) is 0.240. The minimum atomic E-state index is 0.484. The van der Waals surface area contributed by atoms with Gasteiger partial charge in [0.15, 0.2) is 5.58 Å². The molecular weight excluding hydrogens is 330 g/mol. The summed E-state index contributed by atoms with van der Waals surface area (Å²) in [5.41, 5.74) is 6.74. The van der Waals surface area contributed by atoms with Crippen LogP contribution in [0, 0.1) is 0 Å². The third kappa shape index (κ3) is 3.52.